The molecule has 0 aromatic heterocycles. The van der Waals surface area contributed by atoms with E-state index in [4.69, 9.17) is 4.74 Å². The van der Waals surface area contributed by atoms with Gasteiger partial charge in [-0.05, 0) is 50.2 Å². The SMILES string of the molecule is CNC(c1ccc(OC)c(F)c1)C1CCNC1. The molecule has 0 bridgehead atoms. The van der Waals surface area contributed by atoms with Gasteiger partial charge in [0, 0.05) is 6.04 Å². The van der Waals surface area contributed by atoms with Crippen molar-refractivity contribution in [3.8, 4) is 5.75 Å². The predicted molar refractivity (Wildman–Crippen MR) is 65.7 cm³/mol. The maximum atomic E-state index is 13.7. The van der Waals surface area contributed by atoms with Crippen LogP contribution >= 0.6 is 0 Å². The zero-order chi connectivity index (χ0) is 12.3. The summed E-state index contributed by atoms with van der Waals surface area (Å²) in [5.74, 6) is 0.525. The summed E-state index contributed by atoms with van der Waals surface area (Å²) in [6, 6.07) is 5.39. The Bertz CT molecular complexity index is 378. The molecule has 1 fully saturated rings. The highest BCUT2D eigenvalue weighted by molar-refractivity contribution is 5.31. The van der Waals surface area contributed by atoms with Gasteiger partial charge in [0.1, 0.15) is 0 Å². The number of ether oxygens (including phenoxy) is 1. The van der Waals surface area contributed by atoms with Crippen molar-refractivity contribution in [3.05, 3.63) is 29.6 Å². The van der Waals surface area contributed by atoms with Gasteiger partial charge < -0.3 is 15.4 Å². The van der Waals surface area contributed by atoms with E-state index in [0.717, 1.165) is 25.1 Å². The standard InChI is InChI=1S/C13H19FN2O/c1-15-13(10-5-6-16-8-10)9-3-4-12(17-2)11(14)7-9/h3-4,7,10,13,15-16H,5-6,8H2,1-2H3. The molecule has 2 unspecified atom stereocenters. The topological polar surface area (TPSA) is 33.3 Å². The summed E-state index contributed by atoms with van der Waals surface area (Å²) in [5, 5.41) is 6.61. The van der Waals surface area contributed by atoms with Crippen LogP contribution in [0.25, 0.3) is 0 Å². The quantitative estimate of drug-likeness (QED) is 0.837. The fraction of sp³-hybridized carbons (Fsp3) is 0.538. The average molecular weight is 238 g/mol. The Balaban J connectivity index is 2.21. The molecule has 1 heterocycles. The van der Waals surface area contributed by atoms with Gasteiger partial charge in [-0.2, -0.15) is 0 Å². The molecule has 0 spiro atoms. The Kier molecular flexibility index (Phi) is 3.97. The number of rotatable bonds is 4. The molecule has 4 heteroatoms. The third kappa shape index (κ3) is 2.58. The van der Waals surface area contributed by atoms with Gasteiger partial charge in [0.2, 0.25) is 0 Å². The molecule has 1 aromatic carbocycles. The summed E-state index contributed by atoms with van der Waals surface area (Å²) in [6.45, 7) is 2.03. The maximum Gasteiger partial charge on any atom is 0.165 e. The summed E-state index contributed by atoms with van der Waals surface area (Å²) in [7, 11) is 3.40. The maximum absolute atomic E-state index is 13.7. The average Bonchev–Trinajstić information content (AvgIpc) is 2.84. The smallest absolute Gasteiger partial charge is 0.165 e. The molecule has 0 aliphatic carbocycles. The van der Waals surface area contributed by atoms with Gasteiger partial charge in [0.25, 0.3) is 0 Å². The first kappa shape index (κ1) is 12.3. The van der Waals surface area contributed by atoms with Gasteiger partial charge in [-0.3, -0.25) is 0 Å². The van der Waals surface area contributed by atoms with Gasteiger partial charge in [-0.1, -0.05) is 6.07 Å². The van der Waals surface area contributed by atoms with Crippen LogP contribution in [0.15, 0.2) is 18.2 Å². The normalized spacial score (nSPS) is 21.5. The highest BCUT2D eigenvalue weighted by atomic mass is 19.1. The van der Waals surface area contributed by atoms with Crippen LogP contribution < -0.4 is 15.4 Å². The lowest BCUT2D eigenvalue weighted by atomic mass is 9.92. The molecule has 1 aromatic rings. The molecule has 3 nitrogen and oxygen atoms in total. The van der Waals surface area contributed by atoms with Crippen molar-refractivity contribution in [2.24, 2.45) is 5.92 Å². The molecule has 94 valence electrons. The molecule has 1 aliphatic rings. The van der Waals surface area contributed by atoms with E-state index in [2.05, 4.69) is 10.6 Å². The van der Waals surface area contributed by atoms with E-state index in [-0.39, 0.29) is 11.9 Å². The minimum atomic E-state index is -0.295. The fourth-order valence-corrected chi connectivity index (χ4v) is 2.51. The second-order valence-electron chi connectivity index (χ2n) is 4.41. The highest BCUT2D eigenvalue weighted by Crippen LogP contribution is 2.29. The number of methoxy groups -OCH3 is 1. The molecule has 1 aliphatic heterocycles. The molecule has 17 heavy (non-hydrogen) atoms. The third-order valence-electron chi connectivity index (χ3n) is 3.42. The Morgan fingerprint density at radius 1 is 1.53 bits per heavy atom. The molecule has 0 saturated carbocycles. The predicted octanol–water partition coefficient (Wildman–Crippen LogP) is 1.70. The van der Waals surface area contributed by atoms with Crippen LogP contribution in [0.4, 0.5) is 4.39 Å². The van der Waals surface area contributed by atoms with E-state index in [1.54, 1.807) is 12.1 Å². The largest absolute Gasteiger partial charge is 0.494 e. The Labute approximate surface area is 101 Å². The van der Waals surface area contributed by atoms with E-state index in [1.807, 2.05) is 13.1 Å². The van der Waals surface area contributed by atoms with Crippen LogP contribution in [-0.2, 0) is 0 Å². The molecule has 2 N–H and O–H groups in total. The van der Waals surface area contributed by atoms with Gasteiger partial charge >= 0.3 is 0 Å². The second kappa shape index (κ2) is 5.47. The number of hydrogen-bond donors (Lipinski definition) is 2. The number of benzene rings is 1. The van der Waals surface area contributed by atoms with Crippen LogP contribution in [0.2, 0.25) is 0 Å². The first-order valence-corrected chi connectivity index (χ1v) is 5.97. The van der Waals surface area contributed by atoms with E-state index < -0.39 is 0 Å². The van der Waals surface area contributed by atoms with Crippen LogP contribution in [-0.4, -0.2) is 27.2 Å². The Hall–Kier alpha value is -1.13. The van der Waals surface area contributed by atoms with E-state index >= 15 is 0 Å². The van der Waals surface area contributed by atoms with Gasteiger partial charge in [0.15, 0.2) is 11.6 Å². The minimum absolute atomic E-state index is 0.199. The van der Waals surface area contributed by atoms with E-state index in [9.17, 15) is 4.39 Å². The Morgan fingerprint density at radius 3 is 2.88 bits per heavy atom. The fourth-order valence-electron chi connectivity index (χ4n) is 2.51. The molecule has 0 amide bonds. The van der Waals surface area contributed by atoms with Crippen molar-refractivity contribution in [1.82, 2.24) is 10.6 Å². The number of halogens is 1. The molecule has 0 radical (unpaired) electrons. The highest BCUT2D eigenvalue weighted by Gasteiger charge is 2.25. The zero-order valence-corrected chi connectivity index (χ0v) is 10.3. The summed E-state index contributed by atoms with van der Waals surface area (Å²) in [4.78, 5) is 0. The monoisotopic (exact) mass is 238 g/mol. The van der Waals surface area contributed by atoms with Crippen LogP contribution in [0.3, 0.4) is 0 Å². The lowest BCUT2D eigenvalue weighted by Crippen LogP contribution is -2.27. The molecule has 2 rings (SSSR count). The lowest BCUT2D eigenvalue weighted by Gasteiger charge is -2.23. The first-order chi connectivity index (χ1) is 8.26. The van der Waals surface area contributed by atoms with Crippen molar-refractivity contribution in [3.63, 3.8) is 0 Å². The summed E-state index contributed by atoms with van der Waals surface area (Å²) in [6.07, 6.45) is 1.12. The van der Waals surface area contributed by atoms with Crippen molar-refractivity contribution in [2.45, 2.75) is 12.5 Å². The molecule has 1 saturated heterocycles. The second-order valence-corrected chi connectivity index (χ2v) is 4.41. The lowest BCUT2D eigenvalue weighted by molar-refractivity contribution is 0.381. The van der Waals surface area contributed by atoms with Crippen LogP contribution in [0, 0.1) is 11.7 Å². The van der Waals surface area contributed by atoms with Crippen molar-refractivity contribution in [2.75, 3.05) is 27.2 Å². The number of hydrogen-bond acceptors (Lipinski definition) is 3. The Morgan fingerprint density at radius 2 is 2.35 bits per heavy atom. The summed E-state index contributed by atoms with van der Waals surface area (Å²) in [5.41, 5.74) is 0.986. The van der Waals surface area contributed by atoms with E-state index in [1.165, 1.54) is 7.11 Å². The van der Waals surface area contributed by atoms with Gasteiger partial charge in [-0.25, -0.2) is 4.39 Å². The third-order valence-corrected chi connectivity index (χ3v) is 3.42. The zero-order valence-electron chi connectivity index (χ0n) is 10.3. The van der Waals surface area contributed by atoms with Crippen molar-refractivity contribution >= 4 is 0 Å². The van der Waals surface area contributed by atoms with Crippen molar-refractivity contribution in [1.29, 1.82) is 0 Å². The number of nitrogens with one attached hydrogen (secondary N) is 2. The first-order valence-electron chi connectivity index (χ1n) is 5.97. The van der Waals surface area contributed by atoms with Gasteiger partial charge in [0.05, 0.1) is 7.11 Å². The molecular formula is C13H19FN2O. The van der Waals surface area contributed by atoms with Crippen molar-refractivity contribution < 1.29 is 9.13 Å². The summed E-state index contributed by atoms with van der Waals surface area (Å²) >= 11 is 0. The molecular weight excluding hydrogens is 219 g/mol. The summed E-state index contributed by atoms with van der Waals surface area (Å²) < 4.78 is 18.6. The van der Waals surface area contributed by atoms with Crippen LogP contribution in [0.5, 0.6) is 5.75 Å². The van der Waals surface area contributed by atoms with Gasteiger partial charge in [-0.15, -0.1) is 0 Å². The molecule has 2 atom stereocenters. The minimum Gasteiger partial charge on any atom is -0.494 e. The van der Waals surface area contributed by atoms with E-state index in [0.29, 0.717) is 11.7 Å². The van der Waals surface area contributed by atoms with Crippen LogP contribution in [0.1, 0.15) is 18.0 Å².